The molecule has 0 spiro atoms. The number of hydrogen-bond donors (Lipinski definition) is 0. The standard InChI is InChI=1S/C26H19N5O3/c1-30-22-8-4-3-7-21(22)28-24(30)17(16-27)15-20-25(34-19-12-10-18(33-2)11-13-19)29-23-9-5-6-14-31(23)26(20)32/h3-15H,1-2H3. The molecular weight excluding hydrogens is 430 g/mol. The summed E-state index contributed by atoms with van der Waals surface area (Å²) in [5, 5.41) is 9.98. The summed E-state index contributed by atoms with van der Waals surface area (Å²) in [7, 11) is 3.41. The minimum absolute atomic E-state index is 0.0906. The molecule has 0 bridgehead atoms. The first-order chi connectivity index (χ1) is 16.6. The normalized spacial score (nSPS) is 11.5. The summed E-state index contributed by atoms with van der Waals surface area (Å²) in [5.74, 6) is 1.68. The molecule has 3 aromatic heterocycles. The molecule has 0 N–H and O–H groups in total. The van der Waals surface area contributed by atoms with Crippen LogP contribution in [0.25, 0.3) is 28.3 Å². The Labute approximate surface area is 194 Å². The van der Waals surface area contributed by atoms with Crippen LogP contribution < -0.4 is 15.0 Å². The van der Waals surface area contributed by atoms with Gasteiger partial charge in [-0.2, -0.15) is 10.2 Å². The summed E-state index contributed by atoms with van der Waals surface area (Å²) >= 11 is 0. The predicted molar refractivity (Wildman–Crippen MR) is 129 cm³/mol. The maximum Gasteiger partial charge on any atom is 0.269 e. The number of allylic oxidation sites excluding steroid dienone is 1. The number of benzene rings is 2. The maximum absolute atomic E-state index is 13.4. The van der Waals surface area contributed by atoms with Crippen molar-refractivity contribution in [1.29, 1.82) is 5.26 Å². The Morgan fingerprint density at radius 1 is 1.00 bits per heavy atom. The van der Waals surface area contributed by atoms with Crippen molar-refractivity contribution >= 4 is 28.3 Å². The molecule has 5 aromatic rings. The van der Waals surface area contributed by atoms with E-state index in [9.17, 15) is 10.1 Å². The number of nitrogens with zero attached hydrogens (tertiary/aromatic N) is 5. The number of aromatic nitrogens is 4. The number of hydrogen-bond acceptors (Lipinski definition) is 6. The Bertz CT molecular complexity index is 1660. The van der Waals surface area contributed by atoms with E-state index in [2.05, 4.69) is 16.0 Å². The SMILES string of the molecule is COc1ccc(Oc2nc3ccccn3c(=O)c2C=C(C#N)c2nc3ccccc3n2C)cc1. The monoisotopic (exact) mass is 449 g/mol. The van der Waals surface area contributed by atoms with Gasteiger partial charge in [0.1, 0.15) is 28.8 Å². The molecule has 8 heteroatoms. The molecule has 0 amide bonds. The molecule has 0 saturated carbocycles. The minimum Gasteiger partial charge on any atom is -0.497 e. The van der Waals surface area contributed by atoms with Gasteiger partial charge in [0.25, 0.3) is 5.56 Å². The average molecular weight is 449 g/mol. The van der Waals surface area contributed by atoms with Crippen LogP contribution in [-0.4, -0.2) is 26.0 Å². The van der Waals surface area contributed by atoms with Gasteiger partial charge in [-0.1, -0.05) is 18.2 Å². The molecule has 0 aliphatic carbocycles. The van der Waals surface area contributed by atoms with Crippen LogP contribution in [0, 0.1) is 11.3 Å². The Morgan fingerprint density at radius 2 is 1.74 bits per heavy atom. The van der Waals surface area contributed by atoms with Crippen molar-refractivity contribution < 1.29 is 9.47 Å². The summed E-state index contributed by atoms with van der Waals surface area (Å²) in [5.41, 5.74) is 2.05. The highest BCUT2D eigenvalue weighted by molar-refractivity contribution is 5.91. The number of pyridine rings is 1. The molecule has 0 unspecified atom stereocenters. The van der Waals surface area contributed by atoms with E-state index < -0.39 is 0 Å². The van der Waals surface area contributed by atoms with Crippen LogP contribution in [0.15, 0.2) is 77.7 Å². The first kappa shape index (κ1) is 21.0. The number of aryl methyl sites for hydroxylation is 1. The fourth-order valence-electron chi connectivity index (χ4n) is 3.72. The van der Waals surface area contributed by atoms with Crippen LogP contribution in [0.1, 0.15) is 11.4 Å². The number of nitriles is 1. The molecule has 3 heterocycles. The summed E-state index contributed by atoms with van der Waals surface area (Å²) in [4.78, 5) is 22.6. The molecule has 0 fully saturated rings. The zero-order valence-electron chi connectivity index (χ0n) is 18.5. The van der Waals surface area contributed by atoms with E-state index in [1.54, 1.807) is 55.8 Å². The third-order valence-corrected chi connectivity index (χ3v) is 5.45. The fraction of sp³-hybridized carbons (Fsp3) is 0.0769. The third-order valence-electron chi connectivity index (χ3n) is 5.45. The molecule has 34 heavy (non-hydrogen) atoms. The topological polar surface area (TPSA) is 94.4 Å². The lowest BCUT2D eigenvalue weighted by Crippen LogP contribution is -2.18. The molecule has 5 rings (SSSR count). The van der Waals surface area contributed by atoms with Crippen LogP contribution in [-0.2, 0) is 7.05 Å². The van der Waals surface area contributed by atoms with Crippen LogP contribution in [0.5, 0.6) is 17.4 Å². The van der Waals surface area contributed by atoms with Gasteiger partial charge in [-0.3, -0.25) is 9.20 Å². The van der Waals surface area contributed by atoms with Crippen LogP contribution in [0.3, 0.4) is 0 Å². The second-order valence-corrected chi connectivity index (χ2v) is 7.50. The van der Waals surface area contributed by atoms with Gasteiger partial charge in [-0.05, 0) is 54.6 Å². The molecule has 0 saturated heterocycles. The number of imidazole rings is 1. The van der Waals surface area contributed by atoms with Crippen molar-refractivity contribution in [2.45, 2.75) is 0 Å². The Morgan fingerprint density at radius 3 is 2.47 bits per heavy atom. The van der Waals surface area contributed by atoms with Crippen LogP contribution in [0.2, 0.25) is 0 Å². The minimum atomic E-state index is -0.361. The van der Waals surface area contributed by atoms with Crippen molar-refractivity contribution in [3.05, 3.63) is 94.7 Å². The number of fused-ring (bicyclic) bond motifs is 2. The van der Waals surface area contributed by atoms with E-state index in [1.165, 1.54) is 10.5 Å². The maximum atomic E-state index is 13.4. The molecule has 0 atom stereocenters. The quantitative estimate of drug-likeness (QED) is 0.368. The smallest absolute Gasteiger partial charge is 0.269 e. The van der Waals surface area contributed by atoms with Crippen molar-refractivity contribution in [1.82, 2.24) is 18.9 Å². The largest absolute Gasteiger partial charge is 0.497 e. The van der Waals surface area contributed by atoms with Gasteiger partial charge in [0.05, 0.1) is 23.7 Å². The zero-order chi connectivity index (χ0) is 23.7. The summed E-state index contributed by atoms with van der Waals surface area (Å²) in [6.45, 7) is 0. The van der Waals surface area contributed by atoms with Gasteiger partial charge >= 0.3 is 0 Å². The summed E-state index contributed by atoms with van der Waals surface area (Å²) in [6.07, 6.45) is 3.11. The van der Waals surface area contributed by atoms with Crippen molar-refractivity contribution in [3.8, 4) is 23.4 Å². The first-order valence-corrected chi connectivity index (χ1v) is 10.5. The van der Waals surface area contributed by atoms with E-state index in [-0.39, 0.29) is 22.6 Å². The second kappa shape index (κ2) is 8.56. The van der Waals surface area contributed by atoms with E-state index in [4.69, 9.17) is 9.47 Å². The van der Waals surface area contributed by atoms with E-state index in [0.717, 1.165) is 11.0 Å². The van der Waals surface area contributed by atoms with E-state index in [1.807, 2.05) is 35.9 Å². The van der Waals surface area contributed by atoms with Crippen molar-refractivity contribution in [3.63, 3.8) is 0 Å². The van der Waals surface area contributed by atoms with E-state index in [0.29, 0.717) is 23.0 Å². The molecule has 166 valence electrons. The first-order valence-electron chi connectivity index (χ1n) is 10.5. The third kappa shape index (κ3) is 3.65. The lowest BCUT2D eigenvalue weighted by molar-refractivity contribution is 0.412. The van der Waals surface area contributed by atoms with Crippen molar-refractivity contribution in [2.75, 3.05) is 7.11 Å². The highest BCUT2D eigenvalue weighted by Crippen LogP contribution is 2.28. The molecular formula is C26H19N5O3. The molecule has 8 nitrogen and oxygen atoms in total. The molecule has 0 aliphatic rings. The highest BCUT2D eigenvalue weighted by Gasteiger charge is 2.18. The average Bonchev–Trinajstić information content (AvgIpc) is 3.21. The lowest BCUT2D eigenvalue weighted by Gasteiger charge is -2.11. The zero-order valence-corrected chi connectivity index (χ0v) is 18.5. The fourth-order valence-corrected chi connectivity index (χ4v) is 3.72. The predicted octanol–water partition coefficient (Wildman–Crippen LogP) is 4.45. The Kier molecular flexibility index (Phi) is 5.28. The lowest BCUT2D eigenvalue weighted by atomic mass is 10.1. The van der Waals surface area contributed by atoms with Gasteiger partial charge in [0, 0.05) is 13.2 Å². The molecule has 0 aliphatic heterocycles. The molecule has 2 aromatic carbocycles. The highest BCUT2D eigenvalue weighted by atomic mass is 16.5. The Hall–Kier alpha value is -4.90. The van der Waals surface area contributed by atoms with Gasteiger partial charge in [0.2, 0.25) is 5.88 Å². The van der Waals surface area contributed by atoms with Gasteiger partial charge in [-0.25, -0.2) is 4.98 Å². The number of para-hydroxylation sites is 2. The van der Waals surface area contributed by atoms with E-state index >= 15 is 0 Å². The Balaban J connectivity index is 1.70. The number of rotatable bonds is 5. The number of methoxy groups -OCH3 is 1. The van der Waals surface area contributed by atoms with Crippen LogP contribution >= 0.6 is 0 Å². The van der Waals surface area contributed by atoms with Crippen LogP contribution in [0.4, 0.5) is 0 Å². The summed E-state index contributed by atoms with van der Waals surface area (Å²) in [6, 6.07) is 21.9. The van der Waals surface area contributed by atoms with Gasteiger partial charge in [-0.15, -0.1) is 0 Å². The van der Waals surface area contributed by atoms with Crippen molar-refractivity contribution in [2.24, 2.45) is 7.05 Å². The molecule has 0 radical (unpaired) electrons. The second-order valence-electron chi connectivity index (χ2n) is 7.50. The van der Waals surface area contributed by atoms with Gasteiger partial charge in [0.15, 0.2) is 5.82 Å². The summed E-state index contributed by atoms with van der Waals surface area (Å²) < 4.78 is 14.4. The van der Waals surface area contributed by atoms with Gasteiger partial charge < -0.3 is 14.0 Å². The number of ether oxygens (including phenoxy) is 2.